The Labute approximate surface area is 130 Å². The summed E-state index contributed by atoms with van der Waals surface area (Å²) in [4.78, 5) is 0. The summed E-state index contributed by atoms with van der Waals surface area (Å²) >= 11 is 0. The molecule has 0 fully saturated rings. The fraction of sp³-hybridized carbons (Fsp3) is 0.222. The van der Waals surface area contributed by atoms with Crippen molar-refractivity contribution in [1.82, 2.24) is 0 Å². The number of benzene rings is 2. The zero-order valence-corrected chi connectivity index (χ0v) is 13.3. The van der Waals surface area contributed by atoms with E-state index in [-0.39, 0.29) is 0 Å². The van der Waals surface area contributed by atoms with E-state index in [9.17, 15) is 0 Å². The van der Waals surface area contributed by atoms with Gasteiger partial charge >= 0.3 is 0 Å². The van der Waals surface area contributed by atoms with Gasteiger partial charge in [0.1, 0.15) is 11.5 Å². The molecule has 4 heteroatoms. The molecular weight excluding hydrogens is 280 g/mol. The van der Waals surface area contributed by atoms with Gasteiger partial charge in [0.2, 0.25) is 0 Å². The third kappa shape index (κ3) is 3.52. The molecule has 0 aliphatic carbocycles. The standard InChI is InChI=1S/C18H20O4/c1-19-15-10-13(11-16(12-15)20-2)8-9-14-6-5-7-17(21-3)18(14)22-4/h5-12H,1-4H3/b9-8+. The second-order valence-corrected chi connectivity index (χ2v) is 4.56. The topological polar surface area (TPSA) is 36.9 Å². The molecule has 0 aromatic heterocycles. The van der Waals surface area contributed by atoms with Crippen molar-refractivity contribution < 1.29 is 18.9 Å². The Bertz CT molecular complexity index is 640. The van der Waals surface area contributed by atoms with E-state index in [1.807, 2.05) is 48.6 Å². The van der Waals surface area contributed by atoms with Crippen LogP contribution in [0.25, 0.3) is 12.2 Å². The first-order valence-electron chi connectivity index (χ1n) is 6.84. The summed E-state index contributed by atoms with van der Waals surface area (Å²) < 4.78 is 21.3. The Morgan fingerprint density at radius 3 is 1.95 bits per heavy atom. The minimum absolute atomic E-state index is 0.702. The number of hydrogen-bond donors (Lipinski definition) is 0. The highest BCUT2D eigenvalue weighted by Crippen LogP contribution is 2.32. The lowest BCUT2D eigenvalue weighted by Crippen LogP contribution is -1.92. The minimum Gasteiger partial charge on any atom is -0.497 e. The molecule has 116 valence electrons. The highest BCUT2D eigenvalue weighted by atomic mass is 16.5. The van der Waals surface area contributed by atoms with Gasteiger partial charge in [-0.3, -0.25) is 0 Å². The molecule has 0 saturated carbocycles. The van der Waals surface area contributed by atoms with E-state index in [0.717, 1.165) is 22.6 Å². The van der Waals surface area contributed by atoms with Crippen molar-refractivity contribution in [2.75, 3.05) is 28.4 Å². The molecule has 0 aliphatic rings. The van der Waals surface area contributed by atoms with Gasteiger partial charge in [-0.1, -0.05) is 24.3 Å². The van der Waals surface area contributed by atoms with Crippen LogP contribution in [-0.4, -0.2) is 28.4 Å². The zero-order valence-electron chi connectivity index (χ0n) is 13.3. The smallest absolute Gasteiger partial charge is 0.167 e. The van der Waals surface area contributed by atoms with Crippen LogP contribution in [0.4, 0.5) is 0 Å². The van der Waals surface area contributed by atoms with Crippen molar-refractivity contribution in [1.29, 1.82) is 0 Å². The number of hydrogen-bond acceptors (Lipinski definition) is 4. The Balaban J connectivity index is 2.36. The Morgan fingerprint density at radius 1 is 0.727 bits per heavy atom. The maximum absolute atomic E-state index is 5.42. The van der Waals surface area contributed by atoms with Crippen LogP contribution in [-0.2, 0) is 0 Å². The molecule has 0 atom stereocenters. The summed E-state index contributed by atoms with van der Waals surface area (Å²) in [5, 5.41) is 0. The van der Waals surface area contributed by atoms with E-state index in [1.54, 1.807) is 28.4 Å². The molecule has 0 spiro atoms. The van der Waals surface area contributed by atoms with Gasteiger partial charge in [-0.25, -0.2) is 0 Å². The molecule has 0 radical (unpaired) electrons. The maximum atomic E-state index is 5.42. The first-order valence-corrected chi connectivity index (χ1v) is 6.84. The lowest BCUT2D eigenvalue weighted by atomic mass is 10.1. The van der Waals surface area contributed by atoms with E-state index in [0.29, 0.717) is 11.5 Å². The van der Waals surface area contributed by atoms with Gasteiger partial charge in [-0.05, 0) is 23.8 Å². The summed E-state index contributed by atoms with van der Waals surface area (Å²) in [5.41, 5.74) is 1.91. The van der Waals surface area contributed by atoms with Crippen molar-refractivity contribution in [3.05, 3.63) is 47.5 Å². The van der Waals surface area contributed by atoms with Crippen LogP contribution in [0, 0.1) is 0 Å². The van der Waals surface area contributed by atoms with Crippen LogP contribution in [0.3, 0.4) is 0 Å². The van der Waals surface area contributed by atoms with Gasteiger partial charge in [0.05, 0.1) is 28.4 Å². The van der Waals surface area contributed by atoms with Gasteiger partial charge in [0.15, 0.2) is 11.5 Å². The largest absolute Gasteiger partial charge is 0.497 e. The molecule has 22 heavy (non-hydrogen) atoms. The lowest BCUT2D eigenvalue weighted by Gasteiger charge is -2.10. The summed E-state index contributed by atoms with van der Waals surface area (Å²) in [6.07, 6.45) is 3.94. The Kier molecular flexibility index (Phi) is 5.31. The van der Waals surface area contributed by atoms with Crippen molar-refractivity contribution in [3.8, 4) is 23.0 Å². The molecule has 4 nitrogen and oxygen atoms in total. The molecule has 0 saturated heterocycles. The SMILES string of the molecule is COc1cc(/C=C/c2cccc(OC)c2OC)cc(OC)c1. The number of rotatable bonds is 6. The second kappa shape index (κ2) is 7.41. The zero-order chi connectivity index (χ0) is 15.9. The predicted octanol–water partition coefficient (Wildman–Crippen LogP) is 3.89. The molecular formula is C18H20O4. The quantitative estimate of drug-likeness (QED) is 0.758. The third-order valence-electron chi connectivity index (χ3n) is 3.26. The van der Waals surface area contributed by atoms with Crippen molar-refractivity contribution in [2.24, 2.45) is 0 Å². The summed E-state index contributed by atoms with van der Waals surface area (Å²) in [5.74, 6) is 2.90. The Hall–Kier alpha value is -2.62. The van der Waals surface area contributed by atoms with Gasteiger partial charge < -0.3 is 18.9 Å². The van der Waals surface area contributed by atoms with Gasteiger partial charge in [0, 0.05) is 11.6 Å². The molecule has 0 amide bonds. The maximum Gasteiger partial charge on any atom is 0.167 e. The van der Waals surface area contributed by atoms with Crippen LogP contribution in [0.2, 0.25) is 0 Å². The normalized spacial score (nSPS) is 10.5. The average Bonchev–Trinajstić information content (AvgIpc) is 2.58. The fourth-order valence-electron chi connectivity index (χ4n) is 2.15. The van der Waals surface area contributed by atoms with Gasteiger partial charge in [-0.2, -0.15) is 0 Å². The fourth-order valence-corrected chi connectivity index (χ4v) is 2.15. The molecule has 2 aromatic rings. The van der Waals surface area contributed by atoms with Crippen LogP contribution >= 0.6 is 0 Å². The Morgan fingerprint density at radius 2 is 1.41 bits per heavy atom. The highest BCUT2D eigenvalue weighted by Gasteiger charge is 2.07. The van der Waals surface area contributed by atoms with Crippen molar-refractivity contribution in [3.63, 3.8) is 0 Å². The first-order chi connectivity index (χ1) is 10.7. The second-order valence-electron chi connectivity index (χ2n) is 4.56. The van der Waals surface area contributed by atoms with Gasteiger partial charge in [0.25, 0.3) is 0 Å². The monoisotopic (exact) mass is 300 g/mol. The number of para-hydroxylation sites is 1. The molecule has 0 heterocycles. The average molecular weight is 300 g/mol. The van der Waals surface area contributed by atoms with E-state index in [2.05, 4.69) is 0 Å². The highest BCUT2D eigenvalue weighted by molar-refractivity contribution is 5.75. The van der Waals surface area contributed by atoms with Crippen LogP contribution in [0.5, 0.6) is 23.0 Å². The van der Waals surface area contributed by atoms with E-state index < -0.39 is 0 Å². The summed E-state index contributed by atoms with van der Waals surface area (Å²) in [6.45, 7) is 0. The predicted molar refractivity (Wildman–Crippen MR) is 88.0 cm³/mol. The summed E-state index contributed by atoms with van der Waals surface area (Å²) in [7, 11) is 6.52. The van der Waals surface area contributed by atoms with E-state index in [4.69, 9.17) is 18.9 Å². The lowest BCUT2D eigenvalue weighted by molar-refractivity contribution is 0.354. The molecule has 0 N–H and O–H groups in total. The minimum atomic E-state index is 0.702. The van der Waals surface area contributed by atoms with Gasteiger partial charge in [-0.15, -0.1) is 0 Å². The van der Waals surface area contributed by atoms with E-state index in [1.165, 1.54) is 0 Å². The molecule has 0 bridgehead atoms. The van der Waals surface area contributed by atoms with Crippen LogP contribution < -0.4 is 18.9 Å². The molecule has 0 unspecified atom stereocenters. The van der Waals surface area contributed by atoms with Crippen LogP contribution in [0.15, 0.2) is 36.4 Å². The molecule has 2 rings (SSSR count). The molecule has 2 aromatic carbocycles. The third-order valence-corrected chi connectivity index (χ3v) is 3.26. The number of ether oxygens (including phenoxy) is 4. The van der Waals surface area contributed by atoms with E-state index >= 15 is 0 Å². The van der Waals surface area contributed by atoms with Crippen molar-refractivity contribution in [2.45, 2.75) is 0 Å². The van der Waals surface area contributed by atoms with Crippen molar-refractivity contribution >= 4 is 12.2 Å². The number of methoxy groups -OCH3 is 4. The summed E-state index contributed by atoms with van der Waals surface area (Å²) in [6, 6.07) is 11.5. The first kappa shape index (κ1) is 15.8. The molecule has 0 aliphatic heterocycles. The van der Waals surface area contributed by atoms with Crippen LogP contribution in [0.1, 0.15) is 11.1 Å².